The maximum atomic E-state index is 14.2. The smallest absolute Gasteiger partial charge is 0.357 e. The Morgan fingerprint density at radius 3 is 2.32 bits per heavy atom. The molecule has 0 saturated carbocycles. The highest BCUT2D eigenvalue weighted by Crippen LogP contribution is 2.57. The molecule has 3 aliphatic heterocycles. The number of halogens is 1. The van der Waals surface area contributed by atoms with Crippen LogP contribution in [-0.4, -0.2) is 74.5 Å². The molecular weight excluding hydrogens is 594 g/mol. The Morgan fingerprint density at radius 2 is 1.68 bits per heavy atom. The number of fused-ring (bicyclic) bond motifs is 1. The van der Waals surface area contributed by atoms with Gasteiger partial charge in [0.25, 0.3) is 5.91 Å². The van der Waals surface area contributed by atoms with Crippen LogP contribution in [0.2, 0.25) is 0 Å². The minimum Gasteiger partial charge on any atom is -0.467 e. The third-order valence-electron chi connectivity index (χ3n) is 7.67. The van der Waals surface area contributed by atoms with Gasteiger partial charge < -0.3 is 19.1 Å². The Hall–Kier alpha value is -4.43. The molecular formula is C30H26BrN3O7. The number of anilines is 1. The molecule has 0 N–H and O–H groups in total. The van der Waals surface area contributed by atoms with Crippen molar-refractivity contribution in [3.05, 3.63) is 75.4 Å². The largest absolute Gasteiger partial charge is 0.467 e. The minimum atomic E-state index is -1.21. The van der Waals surface area contributed by atoms with E-state index >= 15 is 0 Å². The first-order valence-corrected chi connectivity index (χ1v) is 13.5. The summed E-state index contributed by atoms with van der Waals surface area (Å²) in [5, 5.41) is 0. The van der Waals surface area contributed by atoms with E-state index in [1.54, 1.807) is 31.2 Å². The number of ether oxygens (including phenoxy) is 3. The molecule has 2 unspecified atom stereocenters. The van der Waals surface area contributed by atoms with E-state index in [9.17, 15) is 19.2 Å². The zero-order chi connectivity index (χ0) is 29.5. The number of benzene rings is 2. The number of esters is 3. The van der Waals surface area contributed by atoms with Crippen molar-refractivity contribution in [1.82, 2.24) is 4.90 Å². The lowest BCUT2D eigenvalue weighted by Gasteiger charge is -2.40. The first-order chi connectivity index (χ1) is 19.7. The summed E-state index contributed by atoms with van der Waals surface area (Å²) in [6.07, 6.45) is 0.0352. The summed E-state index contributed by atoms with van der Waals surface area (Å²) in [4.78, 5) is 62.0. The van der Waals surface area contributed by atoms with E-state index < -0.39 is 41.3 Å². The zero-order valence-electron chi connectivity index (χ0n) is 22.8. The molecule has 3 aliphatic rings. The van der Waals surface area contributed by atoms with Crippen LogP contribution >= 0.6 is 15.9 Å². The van der Waals surface area contributed by atoms with Gasteiger partial charge in [-0.1, -0.05) is 40.0 Å². The van der Waals surface area contributed by atoms with E-state index in [2.05, 4.69) is 32.8 Å². The number of likely N-dealkylation sites (tertiary alicyclic amines) is 1. The molecule has 1 fully saturated rings. The van der Waals surface area contributed by atoms with Gasteiger partial charge in [-0.2, -0.15) is 0 Å². The maximum Gasteiger partial charge on any atom is 0.357 e. The van der Waals surface area contributed by atoms with Crippen LogP contribution in [0.15, 0.2) is 69.3 Å². The molecule has 210 valence electrons. The normalized spacial score (nSPS) is 22.0. The fourth-order valence-electron chi connectivity index (χ4n) is 6.02. The second-order valence-electron chi connectivity index (χ2n) is 9.55. The molecule has 0 bridgehead atoms. The molecule has 41 heavy (non-hydrogen) atoms. The third kappa shape index (κ3) is 4.21. The van der Waals surface area contributed by atoms with Gasteiger partial charge in [0.2, 0.25) is 0 Å². The number of rotatable bonds is 5. The summed E-state index contributed by atoms with van der Waals surface area (Å²) in [6, 6.07) is 12.1. The Morgan fingerprint density at radius 1 is 1.00 bits per heavy atom. The number of amides is 1. The van der Waals surface area contributed by atoms with Crippen molar-refractivity contribution in [2.45, 2.75) is 30.8 Å². The highest BCUT2D eigenvalue weighted by Gasteiger charge is 2.67. The molecule has 5 rings (SSSR count). The Labute approximate surface area is 245 Å². The Kier molecular flexibility index (Phi) is 7.44. The first kappa shape index (κ1) is 28.1. The number of amidine groups is 1. The summed E-state index contributed by atoms with van der Waals surface area (Å²) in [7, 11) is 3.63. The van der Waals surface area contributed by atoms with Gasteiger partial charge in [-0.3, -0.25) is 9.69 Å². The van der Waals surface area contributed by atoms with Crippen molar-refractivity contribution in [2.75, 3.05) is 32.8 Å². The summed E-state index contributed by atoms with van der Waals surface area (Å²) in [6.45, 7) is 1.88. The lowest BCUT2D eigenvalue weighted by atomic mass is 9.69. The lowest BCUT2D eigenvalue weighted by Crippen LogP contribution is -2.56. The SMILES string of the molecule is CC#CCN1c2ccccc2[C@]23CC(C(=O)OC)N(C(=O)c4ccc(Br)cc4)C2=NC(C(=O)OC)=C(C(=O)OC)C13. The van der Waals surface area contributed by atoms with Crippen molar-refractivity contribution >= 4 is 51.3 Å². The number of methoxy groups -OCH3 is 3. The fraction of sp³-hybridized carbons (Fsp3) is 0.300. The lowest BCUT2D eigenvalue weighted by molar-refractivity contribution is -0.144. The molecule has 11 heteroatoms. The first-order valence-electron chi connectivity index (χ1n) is 12.7. The van der Waals surface area contributed by atoms with Crippen LogP contribution in [0, 0.1) is 11.8 Å². The van der Waals surface area contributed by atoms with Crippen molar-refractivity contribution in [3.63, 3.8) is 0 Å². The number of para-hydroxylation sites is 1. The predicted molar refractivity (Wildman–Crippen MR) is 152 cm³/mol. The molecule has 2 aromatic carbocycles. The fourth-order valence-corrected chi connectivity index (χ4v) is 6.29. The minimum absolute atomic E-state index is 0.0352. The van der Waals surface area contributed by atoms with E-state index in [0.717, 1.165) is 15.7 Å². The van der Waals surface area contributed by atoms with E-state index in [1.165, 1.54) is 26.2 Å². The second kappa shape index (κ2) is 10.9. The monoisotopic (exact) mass is 619 g/mol. The van der Waals surface area contributed by atoms with Gasteiger partial charge in [-0.25, -0.2) is 19.4 Å². The predicted octanol–water partition coefficient (Wildman–Crippen LogP) is 3.00. The number of nitrogens with zero attached hydrogens (tertiary/aromatic N) is 3. The highest BCUT2D eigenvalue weighted by molar-refractivity contribution is 9.10. The van der Waals surface area contributed by atoms with Crippen LogP contribution < -0.4 is 4.90 Å². The van der Waals surface area contributed by atoms with Gasteiger partial charge in [-0.15, -0.1) is 5.92 Å². The molecule has 0 aromatic heterocycles. The highest BCUT2D eigenvalue weighted by atomic mass is 79.9. The zero-order valence-corrected chi connectivity index (χ0v) is 24.4. The average molecular weight is 620 g/mol. The van der Waals surface area contributed by atoms with E-state index in [1.807, 2.05) is 29.2 Å². The van der Waals surface area contributed by atoms with Gasteiger partial charge >= 0.3 is 17.9 Å². The molecule has 3 heterocycles. The molecule has 3 atom stereocenters. The number of aliphatic imine (C=N–C) groups is 1. The quantitative estimate of drug-likeness (QED) is 0.285. The third-order valence-corrected chi connectivity index (χ3v) is 8.20. The standard InChI is InChI=1S/C30H26BrN3O7/c1-5-6-15-33-20-10-8-7-9-19(20)30-16-21(26(36)39-2)34(25(35)17-11-13-18(31)14-12-17)29(30)32-23(28(38)41-4)22(24(30)33)27(37)40-3/h7-14,21,24H,15-16H2,1-4H3/t21?,24?,30-/m0/s1. The van der Waals surface area contributed by atoms with Crippen molar-refractivity contribution in [3.8, 4) is 11.8 Å². The number of hydrogen-bond donors (Lipinski definition) is 0. The molecule has 2 aromatic rings. The van der Waals surface area contributed by atoms with Crippen molar-refractivity contribution < 1.29 is 33.4 Å². The topological polar surface area (TPSA) is 115 Å². The van der Waals surface area contributed by atoms with Crippen LogP contribution in [0.5, 0.6) is 0 Å². The summed E-state index contributed by atoms with van der Waals surface area (Å²) in [5.74, 6) is 3.22. The van der Waals surface area contributed by atoms with Crippen molar-refractivity contribution in [1.29, 1.82) is 0 Å². The van der Waals surface area contributed by atoms with Gasteiger partial charge in [0.05, 0.1) is 44.9 Å². The molecule has 10 nitrogen and oxygen atoms in total. The number of carbonyl (C=O) groups is 4. The van der Waals surface area contributed by atoms with Crippen LogP contribution in [-0.2, 0) is 34.0 Å². The van der Waals surface area contributed by atoms with Crippen LogP contribution in [0.3, 0.4) is 0 Å². The van der Waals surface area contributed by atoms with Gasteiger partial charge in [-0.05, 0) is 49.2 Å². The number of carbonyl (C=O) groups excluding carboxylic acids is 4. The van der Waals surface area contributed by atoms with Crippen LogP contribution in [0.25, 0.3) is 0 Å². The Balaban J connectivity index is 1.86. The number of hydrogen-bond acceptors (Lipinski definition) is 9. The van der Waals surface area contributed by atoms with Crippen LogP contribution in [0.4, 0.5) is 5.69 Å². The summed E-state index contributed by atoms with van der Waals surface area (Å²) < 4.78 is 16.1. The summed E-state index contributed by atoms with van der Waals surface area (Å²) >= 11 is 3.38. The average Bonchev–Trinajstić information content (AvgIpc) is 3.49. The van der Waals surface area contributed by atoms with Gasteiger partial charge in [0.15, 0.2) is 5.70 Å². The molecule has 1 spiro atoms. The van der Waals surface area contributed by atoms with Gasteiger partial charge in [0.1, 0.15) is 11.9 Å². The molecule has 1 saturated heterocycles. The molecule has 0 radical (unpaired) electrons. The van der Waals surface area contributed by atoms with Gasteiger partial charge in [0, 0.05) is 15.7 Å². The maximum absolute atomic E-state index is 14.2. The van der Waals surface area contributed by atoms with Crippen LogP contribution in [0.1, 0.15) is 29.3 Å². The van der Waals surface area contributed by atoms with E-state index in [0.29, 0.717) is 5.56 Å². The summed E-state index contributed by atoms with van der Waals surface area (Å²) in [5.41, 5.74) is 0.182. The van der Waals surface area contributed by atoms with Crippen molar-refractivity contribution in [2.24, 2.45) is 4.99 Å². The van der Waals surface area contributed by atoms with E-state index in [4.69, 9.17) is 14.2 Å². The Bertz CT molecular complexity index is 1590. The van der Waals surface area contributed by atoms with E-state index in [-0.39, 0.29) is 30.1 Å². The second-order valence-corrected chi connectivity index (χ2v) is 10.5. The molecule has 0 aliphatic carbocycles. The molecule has 1 amide bonds.